The molecule has 0 bridgehead atoms. The number of guanidine groups is 1. The highest BCUT2D eigenvalue weighted by molar-refractivity contribution is 5.92. The fraction of sp³-hybridized carbons (Fsp3) is 0.667. The second-order valence-corrected chi connectivity index (χ2v) is 9.09. The molecule has 0 spiro atoms. The maximum Gasteiger partial charge on any atom is 0.490 e. The third-order valence-corrected chi connectivity index (χ3v) is 4.24. The minimum Gasteiger partial charge on any atom is -0.480 e. The summed E-state index contributed by atoms with van der Waals surface area (Å²) in [6, 6.07) is -3.58. The van der Waals surface area contributed by atoms with Crippen molar-refractivity contribution in [2.75, 3.05) is 6.54 Å². The molecular formula is C21H36F3N7O9. The van der Waals surface area contributed by atoms with Gasteiger partial charge in [-0.05, 0) is 47.0 Å². The Morgan fingerprint density at radius 2 is 1.40 bits per heavy atom. The highest BCUT2D eigenvalue weighted by Gasteiger charge is 2.38. The van der Waals surface area contributed by atoms with Crippen molar-refractivity contribution in [1.82, 2.24) is 16.0 Å². The normalized spacial score (nSPS) is 13.2. The van der Waals surface area contributed by atoms with Crippen LogP contribution >= 0.6 is 0 Å². The molecule has 0 radical (unpaired) electrons. The number of carbonyl (C=O) groups is 6. The molecule has 0 aromatic carbocycles. The smallest absolute Gasteiger partial charge is 0.480 e. The molecule has 3 atom stereocenters. The number of carboxylic acids is 2. The van der Waals surface area contributed by atoms with E-state index in [1.165, 1.54) is 6.92 Å². The number of rotatable bonds is 13. The standard InChI is InChI=1S/C19H35N7O7.C2HF3O2/c1-10(14(28)25-12(16(30)31)6-5-9-23-17(21)22)24-15(29)11(7-8-13(20)27)26-18(32)33-19(2,3)4;3-2(4,5)1(6)7/h10-12H,5-9H2,1-4H3,(H2,20,27)(H,24,29)(H,25,28)(H,26,32)(H,30,31)(H4,21,22,23);(H,6,7)/t10-,11-,12-;/m0./s1. The Labute approximate surface area is 227 Å². The van der Waals surface area contributed by atoms with E-state index in [1.807, 2.05) is 0 Å². The predicted octanol–water partition coefficient (Wildman–Crippen LogP) is -1.09. The Morgan fingerprint density at radius 3 is 1.80 bits per heavy atom. The lowest BCUT2D eigenvalue weighted by Gasteiger charge is -2.24. The van der Waals surface area contributed by atoms with Gasteiger partial charge in [0.2, 0.25) is 17.7 Å². The molecule has 0 aromatic rings. The fourth-order valence-electron chi connectivity index (χ4n) is 2.44. The van der Waals surface area contributed by atoms with Gasteiger partial charge in [-0.1, -0.05) is 0 Å². The number of hydrogen-bond acceptors (Lipinski definition) is 8. The van der Waals surface area contributed by atoms with E-state index >= 15 is 0 Å². The first-order valence-corrected chi connectivity index (χ1v) is 11.5. The molecule has 11 N–H and O–H groups in total. The maximum atomic E-state index is 12.6. The molecule has 0 saturated carbocycles. The number of ether oxygens (including phenoxy) is 1. The number of hydrogen-bond donors (Lipinski definition) is 8. The highest BCUT2D eigenvalue weighted by Crippen LogP contribution is 2.13. The molecule has 230 valence electrons. The molecule has 0 aliphatic heterocycles. The second-order valence-electron chi connectivity index (χ2n) is 9.09. The van der Waals surface area contributed by atoms with E-state index in [2.05, 4.69) is 20.9 Å². The van der Waals surface area contributed by atoms with E-state index in [0.29, 0.717) is 6.42 Å². The zero-order valence-electron chi connectivity index (χ0n) is 22.3. The topological polar surface area (TPSA) is 279 Å². The molecule has 0 fully saturated rings. The lowest BCUT2D eigenvalue weighted by Crippen LogP contribution is -2.55. The zero-order valence-corrected chi connectivity index (χ0v) is 22.3. The maximum absolute atomic E-state index is 12.6. The average molecular weight is 588 g/mol. The van der Waals surface area contributed by atoms with Crippen LogP contribution in [0.3, 0.4) is 0 Å². The molecule has 16 nitrogen and oxygen atoms in total. The minimum atomic E-state index is -5.08. The number of nitrogens with zero attached hydrogens (tertiary/aromatic N) is 1. The van der Waals surface area contributed by atoms with Crippen LogP contribution in [0.25, 0.3) is 0 Å². The van der Waals surface area contributed by atoms with Crippen LogP contribution in [0.1, 0.15) is 53.4 Å². The summed E-state index contributed by atoms with van der Waals surface area (Å²) in [6.45, 7) is 6.42. The Hall–Kier alpha value is -4.32. The van der Waals surface area contributed by atoms with E-state index in [1.54, 1.807) is 20.8 Å². The van der Waals surface area contributed by atoms with E-state index in [9.17, 15) is 42.3 Å². The molecule has 19 heteroatoms. The van der Waals surface area contributed by atoms with E-state index in [4.69, 9.17) is 31.8 Å². The van der Waals surface area contributed by atoms with Crippen molar-refractivity contribution in [3.8, 4) is 0 Å². The van der Waals surface area contributed by atoms with Crippen LogP contribution in [0.5, 0.6) is 0 Å². The molecule has 40 heavy (non-hydrogen) atoms. The number of halogens is 3. The van der Waals surface area contributed by atoms with Crippen LogP contribution < -0.4 is 33.2 Å². The van der Waals surface area contributed by atoms with Gasteiger partial charge in [0, 0.05) is 13.0 Å². The number of alkyl carbamates (subject to hydrolysis) is 1. The summed E-state index contributed by atoms with van der Waals surface area (Å²) >= 11 is 0. The summed E-state index contributed by atoms with van der Waals surface area (Å²) < 4.78 is 36.8. The van der Waals surface area contributed by atoms with Gasteiger partial charge in [-0.15, -0.1) is 0 Å². The van der Waals surface area contributed by atoms with Gasteiger partial charge in [0.15, 0.2) is 5.96 Å². The molecule has 0 aliphatic carbocycles. The van der Waals surface area contributed by atoms with Gasteiger partial charge in [-0.25, -0.2) is 14.4 Å². The lowest BCUT2D eigenvalue weighted by molar-refractivity contribution is -0.192. The van der Waals surface area contributed by atoms with E-state index < -0.39 is 65.7 Å². The largest absolute Gasteiger partial charge is 0.490 e. The molecule has 0 aromatic heterocycles. The van der Waals surface area contributed by atoms with Gasteiger partial charge in [0.25, 0.3) is 0 Å². The number of aliphatic imine (C=N–C) groups is 1. The van der Waals surface area contributed by atoms with Crippen molar-refractivity contribution in [2.45, 2.75) is 83.3 Å². The van der Waals surface area contributed by atoms with Crippen molar-refractivity contribution >= 4 is 41.7 Å². The number of carbonyl (C=O) groups excluding carboxylic acids is 4. The van der Waals surface area contributed by atoms with Gasteiger partial charge in [0.1, 0.15) is 23.7 Å². The molecule has 0 aliphatic rings. The molecule has 0 heterocycles. The first-order chi connectivity index (χ1) is 18.1. The van der Waals surface area contributed by atoms with Crippen LogP contribution in [-0.2, 0) is 28.7 Å². The van der Waals surface area contributed by atoms with Crippen molar-refractivity contribution in [1.29, 1.82) is 0 Å². The zero-order chi connectivity index (χ0) is 31.8. The number of aliphatic carboxylic acids is 2. The number of carboxylic acid groups (broad SMARTS) is 2. The molecule has 0 unspecified atom stereocenters. The van der Waals surface area contributed by atoms with Gasteiger partial charge in [-0.3, -0.25) is 19.4 Å². The number of primary amides is 1. The van der Waals surface area contributed by atoms with Crippen LogP contribution in [0.2, 0.25) is 0 Å². The molecule has 0 saturated heterocycles. The molecule has 0 rings (SSSR count). The summed E-state index contributed by atoms with van der Waals surface area (Å²) in [5, 5.41) is 23.5. The summed E-state index contributed by atoms with van der Waals surface area (Å²) in [5.41, 5.74) is 14.7. The number of amides is 4. The van der Waals surface area contributed by atoms with Gasteiger partial charge < -0.3 is 48.1 Å². The van der Waals surface area contributed by atoms with Gasteiger partial charge in [0.05, 0.1) is 0 Å². The summed E-state index contributed by atoms with van der Waals surface area (Å²) in [7, 11) is 0. The van der Waals surface area contributed by atoms with Gasteiger partial charge >= 0.3 is 24.2 Å². The van der Waals surface area contributed by atoms with Crippen LogP contribution in [0.15, 0.2) is 4.99 Å². The second kappa shape index (κ2) is 17.3. The minimum absolute atomic E-state index is 0.0555. The van der Waals surface area contributed by atoms with Crippen molar-refractivity contribution in [3.63, 3.8) is 0 Å². The average Bonchev–Trinajstić information content (AvgIpc) is 2.76. The first-order valence-electron chi connectivity index (χ1n) is 11.5. The highest BCUT2D eigenvalue weighted by atomic mass is 19.4. The number of nitrogens with two attached hydrogens (primary N) is 3. The lowest BCUT2D eigenvalue weighted by atomic mass is 10.1. The Morgan fingerprint density at radius 1 is 0.875 bits per heavy atom. The quantitative estimate of drug-likeness (QED) is 0.0727. The fourth-order valence-corrected chi connectivity index (χ4v) is 2.44. The Bertz CT molecular complexity index is 934. The van der Waals surface area contributed by atoms with E-state index in [0.717, 1.165) is 0 Å². The molecular weight excluding hydrogens is 551 g/mol. The molecule has 4 amide bonds. The van der Waals surface area contributed by atoms with Crippen molar-refractivity contribution in [2.24, 2.45) is 22.2 Å². The summed E-state index contributed by atoms with van der Waals surface area (Å²) in [5.74, 6) is -6.37. The first kappa shape index (κ1) is 37.8. The summed E-state index contributed by atoms with van der Waals surface area (Å²) in [6.07, 6.45) is -5.95. The predicted molar refractivity (Wildman–Crippen MR) is 132 cm³/mol. The van der Waals surface area contributed by atoms with Crippen molar-refractivity contribution in [3.05, 3.63) is 0 Å². The van der Waals surface area contributed by atoms with Gasteiger partial charge in [-0.2, -0.15) is 13.2 Å². The number of alkyl halides is 3. The Balaban J connectivity index is 0. The van der Waals surface area contributed by atoms with Crippen LogP contribution in [0.4, 0.5) is 18.0 Å². The van der Waals surface area contributed by atoms with Crippen LogP contribution in [0, 0.1) is 0 Å². The monoisotopic (exact) mass is 587 g/mol. The SMILES string of the molecule is C[C@H](NC(=O)[C@H](CCC(N)=O)NC(=O)OC(C)(C)C)C(=O)N[C@@H](CCCN=C(N)N)C(=O)O.O=C(O)C(F)(F)F. The third kappa shape index (κ3) is 19.7. The number of nitrogens with one attached hydrogen (secondary N) is 3. The van der Waals surface area contributed by atoms with Crippen molar-refractivity contribution < 1.29 is 56.9 Å². The summed E-state index contributed by atoms with van der Waals surface area (Å²) in [4.78, 5) is 72.2. The third-order valence-electron chi connectivity index (χ3n) is 4.24. The van der Waals surface area contributed by atoms with Crippen LogP contribution in [-0.4, -0.2) is 88.4 Å². The Kier molecular flexibility index (Phi) is 16.4. The van der Waals surface area contributed by atoms with E-state index in [-0.39, 0.29) is 31.8 Å².